The minimum atomic E-state index is -4.36. The molecule has 2 rings (SSSR count). The number of halogens is 3. The van der Waals surface area contributed by atoms with Gasteiger partial charge in [0.25, 0.3) is 0 Å². The van der Waals surface area contributed by atoms with Gasteiger partial charge in [-0.15, -0.1) is 0 Å². The zero-order chi connectivity index (χ0) is 13.1. The molecule has 0 aromatic carbocycles. The fourth-order valence-corrected chi connectivity index (χ4v) is 1.44. The monoisotopic (exact) mass is 244 g/mol. The third-order valence-corrected chi connectivity index (χ3v) is 2.27. The SMILES string of the molecule is CC.CCc1ccc2ncc(C(F)(F)F)n2c1. The molecular weight excluding hydrogens is 229 g/mol. The summed E-state index contributed by atoms with van der Waals surface area (Å²) in [4.78, 5) is 3.70. The Balaban J connectivity index is 0.000000686. The number of alkyl halides is 3. The molecule has 0 aliphatic rings. The molecular formula is C12H15F3N2. The number of hydrogen-bond donors (Lipinski definition) is 0. The van der Waals surface area contributed by atoms with Gasteiger partial charge in [0.15, 0.2) is 0 Å². The van der Waals surface area contributed by atoms with Crippen molar-refractivity contribution in [1.29, 1.82) is 0 Å². The van der Waals surface area contributed by atoms with E-state index >= 15 is 0 Å². The van der Waals surface area contributed by atoms with E-state index in [0.29, 0.717) is 12.1 Å². The molecule has 94 valence electrons. The van der Waals surface area contributed by atoms with Crippen LogP contribution in [0, 0.1) is 0 Å². The first kappa shape index (κ1) is 13.5. The number of rotatable bonds is 1. The van der Waals surface area contributed by atoms with Crippen molar-refractivity contribution in [2.45, 2.75) is 33.4 Å². The molecule has 2 nitrogen and oxygen atoms in total. The van der Waals surface area contributed by atoms with Crippen molar-refractivity contribution in [1.82, 2.24) is 9.38 Å². The number of pyridine rings is 1. The van der Waals surface area contributed by atoms with Crippen molar-refractivity contribution in [3.05, 3.63) is 35.8 Å². The summed E-state index contributed by atoms with van der Waals surface area (Å²) in [6, 6.07) is 3.37. The van der Waals surface area contributed by atoms with Gasteiger partial charge in [-0.05, 0) is 18.1 Å². The average molecular weight is 244 g/mol. The van der Waals surface area contributed by atoms with E-state index in [4.69, 9.17) is 0 Å². The van der Waals surface area contributed by atoms with E-state index in [0.717, 1.165) is 16.2 Å². The summed E-state index contributed by atoms with van der Waals surface area (Å²) in [5.74, 6) is 0. The summed E-state index contributed by atoms with van der Waals surface area (Å²) in [7, 11) is 0. The summed E-state index contributed by atoms with van der Waals surface area (Å²) in [6.07, 6.45) is -1.32. The second kappa shape index (κ2) is 5.21. The highest BCUT2D eigenvalue weighted by Crippen LogP contribution is 2.29. The van der Waals surface area contributed by atoms with Gasteiger partial charge in [-0.25, -0.2) is 4.98 Å². The van der Waals surface area contributed by atoms with Gasteiger partial charge in [-0.1, -0.05) is 26.8 Å². The van der Waals surface area contributed by atoms with Gasteiger partial charge >= 0.3 is 6.18 Å². The van der Waals surface area contributed by atoms with E-state index in [1.165, 1.54) is 6.20 Å². The zero-order valence-corrected chi connectivity index (χ0v) is 10.0. The Morgan fingerprint density at radius 2 is 1.88 bits per heavy atom. The van der Waals surface area contributed by atoms with E-state index in [9.17, 15) is 13.2 Å². The molecule has 0 fully saturated rings. The summed E-state index contributed by atoms with van der Waals surface area (Å²) in [6.45, 7) is 5.89. The highest BCUT2D eigenvalue weighted by molar-refractivity contribution is 5.42. The van der Waals surface area contributed by atoms with Crippen LogP contribution in [0.3, 0.4) is 0 Å². The van der Waals surface area contributed by atoms with Crippen LogP contribution < -0.4 is 0 Å². The fraction of sp³-hybridized carbons (Fsp3) is 0.417. The second-order valence-electron chi connectivity index (χ2n) is 3.26. The maximum Gasteiger partial charge on any atom is 0.433 e. The molecule has 0 aliphatic heterocycles. The topological polar surface area (TPSA) is 17.3 Å². The smallest absolute Gasteiger partial charge is 0.296 e. The largest absolute Gasteiger partial charge is 0.433 e. The Kier molecular flexibility index (Phi) is 4.15. The molecule has 0 spiro atoms. The van der Waals surface area contributed by atoms with Crippen molar-refractivity contribution in [2.75, 3.05) is 0 Å². The molecule has 0 saturated heterocycles. The van der Waals surface area contributed by atoms with Crippen LogP contribution in [-0.4, -0.2) is 9.38 Å². The normalized spacial score (nSPS) is 11.2. The highest BCUT2D eigenvalue weighted by atomic mass is 19.4. The van der Waals surface area contributed by atoms with Gasteiger partial charge < -0.3 is 0 Å². The van der Waals surface area contributed by atoms with Crippen LogP contribution >= 0.6 is 0 Å². The third-order valence-electron chi connectivity index (χ3n) is 2.27. The molecule has 0 aliphatic carbocycles. The molecule has 0 unspecified atom stereocenters. The predicted molar refractivity (Wildman–Crippen MR) is 60.9 cm³/mol. The van der Waals surface area contributed by atoms with E-state index in [1.54, 1.807) is 12.1 Å². The van der Waals surface area contributed by atoms with E-state index < -0.39 is 11.9 Å². The first-order valence-corrected chi connectivity index (χ1v) is 5.55. The molecule has 0 N–H and O–H groups in total. The van der Waals surface area contributed by atoms with Crippen molar-refractivity contribution >= 4 is 5.65 Å². The standard InChI is InChI=1S/C10H9F3N2.C2H6/c1-2-7-3-4-9-14-5-8(10(11,12)13)15(9)6-7;1-2/h3-6H,2H2,1H3;1-2H3. The molecule has 0 bridgehead atoms. The van der Waals surface area contributed by atoms with Gasteiger partial charge in [0.05, 0.1) is 6.20 Å². The van der Waals surface area contributed by atoms with Crippen LogP contribution in [0.2, 0.25) is 0 Å². The molecule has 17 heavy (non-hydrogen) atoms. The lowest BCUT2D eigenvalue weighted by Gasteiger charge is -2.06. The Bertz CT molecular complexity index is 486. The minimum absolute atomic E-state index is 0.319. The maximum atomic E-state index is 12.5. The molecule has 2 heterocycles. The highest BCUT2D eigenvalue weighted by Gasteiger charge is 2.34. The van der Waals surface area contributed by atoms with Crippen molar-refractivity contribution in [3.8, 4) is 0 Å². The first-order chi connectivity index (χ1) is 8.02. The van der Waals surface area contributed by atoms with Crippen LogP contribution in [0.4, 0.5) is 13.2 Å². The van der Waals surface area contributed by atoms with Crippen LogP contribution in [0.5, 0.6) is 0 Å². The van der Waals surface area contributed by atoms with Gasteiger partial charge in [-0.2, -0.15) is 13.2 Å². The number of aromatic nitrogens is 2. The Labute approximate surface area is 98.1 Å². The Morgan fingerprint density at radius 1 is 1.24 bits per heavy atom. The minimum Gasteiger partial charge on any atom is -0.296 e. The van der Waals surface area contributed by atoms with Crippen molar-refractivity contribution in [3.63, 3.8) is 0 Å². The lowest BCUT2D eigenvalue weighted by atomic mass is 10.2. The van der Waals surface area contributed by atoms with E-state index in [2.05, 4.69) is 4.98 Å². The van der Waals surface area contributed by atoms with Crippen LogP contribution in [-0.2, 0) is 12.6 Å². The van der Waals surface area contributed by atoms with Crippen LogP contribution in [0.25, 0.3) is 5.65 Å². The van der Waals surface area contributed by atoms with E-state index in [-0.39, 0.29) is 0 Å². The van der Waals surface area contributed by atoms with Gasteiger partial charge in [0.2, 0.25) is 0 Å². The first-order valence-electron chi connectivity index (χ1n) is 5.55. The molecule has 0 atom stereocenters. The third kappa shape index (κ3) is 2.78. The Hall–Kier alpha value is -1.52. The number of nitrogens with zero attached hydrogens (tertiary/aromatic N) is 2. The summed E-state index contributed by atoms with van der Waals surface area (Å²) in [5, 5.41) is 0. The van der Waals surface area contributed by atoms with Gasteiger partial charge in [-0.3, -0.25) is 4.40 Å². The fourth-order valence-electron chi connectivity index (χ4n) is 1.44. The van der Waals surface area contributed by atoms with E-state index in [1.807, 2.05) is 20.8 Å². The number of hydrogen-bond acceptors (Lipinski definition) is 1. The number of imidazole rings is 1. The summed E-state index contributed by atoms with van der Waals surface area (Å²) < 4.78 is 38.7. The van der Waals surface area contributed by atoms with Gasteiger partial charge in [0, 0.05) is 6.20 Å². The molecule has 0 saturated carbocycles. The van der Waals surface area contributed by atoms with Crippen LogP contribution in [0.1, 0.15) is 32.0 Å². The van der Waals surface area contributed by atoms with Crippen molar-refractivity contribution in [2.24, 2.45) is 0 Å². The summed E-state index contributed by atoms with van der Waals surface area (Å²) in [5.41, 5.74) is 0.443. The van der Waals surface area contributed by atoms with Gasteiger partial charge in [0.1, 0.15) is 11.3 Å². The lowest BCUT2D eigenvalue weighted by molar-refractivity contribution is -0.141. The average Bonchev–Trinajstić information content (AvgIpc) is 2.73. The molecule has 5 heteroatoms. The summed E-state index contributed by atoms with van der Waals surface area (Å²) >= 11 is 0. The number of aryl methyl sites for hydroxylation is 1. The predicted octanol–water partition coefficient (Wildman–Crippen LogP) is 3.94. The maximum absolute atomic E-state index is 12.5. The molecule has 2 aromatic heterocycles. The molecule has 0 amide bonds. The lowest BCUT2D eigenvalue weighted by Crippen LogP contribution is -2.08. The molecule has 0 radical (unpaired) electrons. The van der Waals surface area contributed by atoms with Crippen molar-refractivity contribution < 1.29 is 13.2 Å². The second-order valence-corrected chi connectivity index (χ2v) is 3.26. The Morgan fingerprint density at radius 3 is 2.41 bits per heavy atom. The zero-order valence-electron chi connectivity index (χ0n) is 10.0. The van der Waals surface area contributed by atoms with Crippen LogP contribution in [0.15, 0.2) is 24.5 Å². The number of fused-ring (bicyclic) bond motifs is 1. The molecule has 2 aromatic rings. The quantitative estimate of drug-likeness (QED) is 0.742.